The normalized spacial score (nSPS) is 14.6. The maximum absolute atomic E-state index is 14.1. The second-order valence-electron chi connectivity index (χ2n) is 24.2. The van der Waals surface area contributed by atoms with E-state index in [4.69, 9.17) is 17.2 Å². The lowest BCUT2D eigenvalue weighted by molar-refractivity contribution is -0.143. The quantitative estimate of drug-likeness (QED) is 0.0285. The number of amides is 12. The zero-order chi connectivity index (χ0) is 72.6. The van der Waals surface area contributed by atoms with Gasteiger partial charge in [-0.2, -0.15) is 23.5 Å². The fourth-order valence-electron chi connectivity index (χ4n) is 9.20. The highest BCUT2D eigenvalue weighted by Crippen LogP contribution is 2.13. The Bertz CT molecular complexity index is 2700. The molecule has 0 aliphatic rings. The molecular weight excluding hydrogens is 1290 g/mol. The van der Waals surface area contributed by atoms with Crippen molar-refractivity contribution in [3.63, 3.8) is 0 Å². The highest BCUT2D eigenvalue weighted by atomic mass is 32.2. The van der Waals surface area contributed by atoms with Crippen LogP contribution < -0.4 is 81.0 Å². The van der Waals surface area contributed by atoms with Crippen LogP contribution in [0, 0.1) is 17.8 Å². The molecule has 0 aliphatic carbocycles. The van der Waals surface area contributed by atoms with Gasteiger partial charge in [-0.25, -0.2) is 4.79 Å². The Labute approximate surface area is 569 Å². The van der Waals surface area contributed by atoms with Crippen LogP contribution in [0.5, 0.6) is 0 Å². The first kappa shape index (κ1) is 86.4. The number of nitrogens with two attached hydrogens (primary N) is 3. The third-order valence-corrected chi connectivity index (χ3v) is 16.2. The number of carbonyl (C=O) groups is 14. The van der Waals surface area contributed by atoms with Gasteiger partial charge >= 0.3 is 11.9 Å². The Morgan fingerprint density at radius 3 is 1.29 bits per heavy atom. The summed E-state index contributed by atoms with van der Waals surface area (Å²) in [6.07, 6.45) is 4.18. The summed E-state index contributed by atoms with van der Waals surface area (Å²) in [5.74, 6) is -13.1. The lowest BCUT2D eigenvalue weighted by Gasteiger charge is -2.27. The molecule has 1 aromatic carbocycles. The molecule has 1 aromatic rings. The fourth-order valence-corrected chi connectivity index (χ4v) is 10.1. The van der Waals surface area contributed by atoms with Crippen LogP contribution in [0.4, 0.5) is 0 Å². The molecule has 0 saturated heterocycles. The summed E-state index contributed by atoms with van der Waals surface area (Å²) < 4.78 is 0. The molecular formula is C62H105N15O17S2. The maximum Gasteiger partial charge on any atom is 0.326 e. The van der Waals surface area contributed by atoms with Crippen LogP contribution in [0.25, 0.3) is 0 Å². The van der Waals surface area contributed by atoms with E-state index in [1.54, 1.807) is 84.4 Å². The number of hydrogen-bond acceptors (Lipinski definition) is 20. The number of aliphatic carboxylic acids is 2. The number of unbranched alkanes of at least 4 members (excludes halogenated alkanes) is 2. The topological polar surface area (TPSA) is 522 Å². The molecule has 542 valence electrons. The number of nitrogens with one attached hydrogen (secondary N) is 12. The number of thioether (sulfide) groups is 2. The molecule has 0 radical (unpaired) electrons. The van der Waals surface area contributed by atoms with Crippen LogP contribution in [-0.2, 0) is 73.5 Å². The summed E-state index contributed by atoms with van der Waals surface area (Å²) in [7, 11) is 0. The number of carboxylic acids is 2. The van der Waals surface area contributed by atoms with Crippen LogP contribution in [0.2, 0.25) is 0 Å². The number of benzene rings is 1. The second kappa shape index (κ2) is 47.3. The van der Waals surface area contributed by atoms with Crippen molar-refractivity contribution in [2.45, 2.75) is 192 Å². The summed E-state index contributed by atoms with van der Waals surface area (Å²) in [4.78, 5) is 187. The van der Waals surface area contributed by atoms with E-state index >= 15 is 0 Å². The van der Waals surface area contributed by atoms with Crippen molar-refractivity contribution in [3.05, 3.63) is 35.9 Å². The standard InChI is InChI=1S/C62H105N15O17S2/c1-34(2)29-44(69-47(79)31-66-53(84)39(19-13-15-25-63)71-57(88)43(24-28-96-9)73-59(90)45(30-38-17-11-10-12-18-38)75-61(92)50(65)35(3)4)58(89)76-46(33-78)60(91)74-42(23-27-95-8)55(86)68-37(7)52(83)70-40(20-14-16-26-64)56(87)72-41(21-22-49(81)82)54(85)67-32-48(80)77-51(36(5)6)62(93)94/h10-12,17-18,34-37,39-46,50-51,78H,13-16,19-33,63-65H2,1-9H3,(H,66,84)(H,67,85)(H,68,86)(H,69,79)(H,70,83)(H,71,88)(H,72,87)(H,73,90)(H,74,91)(H,75,92)(H,76,89)(H,77,80)(H,81,82)(H,93,94)/t37-,39-,40-,41-,42-,43-,44-,45-,46-,50-,51-/m0/s1. The van der Waals surface area contributed by atoms with E-state index in [-0.39, 0.29) is 75.6 Å². The average Bonchev–Trinajstić information content (AvgIpc) is 0.907. The van der Waals surface area contributed by atoms with Crippen molar-refractivity contribution in [3.8, 4) is 0 Å². The second-order valence-corrected chi connectivity index (χ2v) is 26.1. The summed E-state index contributed by atoms with van der Waals surface area (Å²) >= 11 is 2.71. The number of carboxylic acid groups (broad SMARTS) is 2. The van der Waals surface area contributed by atoms with Crippen LogP contribution in [0.1, 0.15) is 125 Å². The van der Waals surface area contributed by atoms with Crippen molar-refractivity contribution >= 4 is 106 Å². The zero-order valence-corrected chi connectivity index (χ0v) is 58.1. The number of aliphatic hydroxyl groups is 1. The number of aliphatic hydroxyl groups excluding tert-OH is 1. The number of carbonyl (C=O) groups excluding carboxylic acids is 12. The molecule has 0 spiro atoms. The minimum Gasteiger partial charge on any atom is -0.481 e. The molecule has 96 heavy (non-hydrogen) atoms. The first-order valence-corrected chi connectivity index (χ1v) is 34.9. The van der Waals surface area contributed by atoms with E-state index in [9.17, 15) is 82.4 Å². The lowest BCUT2D eigenvalue weighted by Crippen LogP contribution is -2.60. The first-order chi connectivity index (χ1) is 45.3. The van der Waals surface area contributed by atoms with Gasteiger partial charge in [0, 0.05) is 12.8 Å². The largest absolute Gasteiger partial charge is 0.481 e. The van der Waals surface area contributed by atoms with E-state index in [1.165, 1.54) is 30.4 Å². The molecule has 0 unspecified atom stereocenters. The van der Waals surface area contributed by atoms with Gasteiger partial charge in [0.1, 0.15) is 60.4 Å². The van der Waals surface area contributed by atoms with Crippen molar-refractivity contribution < 1.29 is 82.4 Å². The zero-order valence-electron chi connectivity index (χ0n) is 56.5. The molecule has 11 atom stereocenters. The summed E-state index contributed by atoms with van der Waals surface area (Å²) in [6.45, 7) is 9.45. The molecule has 0 fully saturated rings. The number of hydrogen-bond donors (Lipinski definition) is 18. The molecule has 32 nitrogen and oxygen atoms in total. The van der Waals surface area contributed by atoms with Crippen molar-refractivity contribution in [1.29, 1.82) is 0 Å². The summed E-state index contributed by atoms with van der Waals surface area (Å²) in [5, 5.41) is 59.3. The lowest BCUT2D eigenvalue weighted by atomic mass is 10.0. The van der Waals surface area contributed by atoms with E-state index in [2.05, 4.69) is 63.8 Å². The monoisotopic (exact) mass is 1400 g/mol. The fraction of sp³-hybridized carbons (Fsp3) is 0.677. The van der Waals surface area contributed by atoms with Gasteiger partial charge in [-0.3, -0.25) is 62.3 Å². The SMILES string of the molecule is CSCC[C@H](NC(=O)[C@H](CO)NC(=O)[C@H](CC(C)C)NC(=O)CNC(=O)[C@H](CCCCN)NC(=O)[C@H](CCSC)NC(=O)[C@H](Cc1ccccc1)NC(=O)[C@@H](N)C(C)C)C(=O)N[C@@H](C)C(=O)N[C@@H](CCCCN)C(=O)N[C@@H](CCC(=O)O)C(=O)NCC(=O)N[C@H](C(=O)O)C(C)C. The molecule has 21 N–H and O–H groups in total. The summed E-state index contributed by atoms with van der Waals surface area (Å²) in [5.41, 5.74) is 18.3. The van der Waals surface area contributed by atoms with E-state index in [0.717, 1.165) is 5.56 Å². The maximum atomic E-state index is 14.1. The third-order valence-electron chi connectivity index (χ3n) is 14.9. The Balaban J connectivity index is 3.27. The highest BCUT2D eigenvalue weighted by molar-refractivity contribution is 7.98. The minimum atomic E-state index is -1.70. The van der Waals surface area contributed by atoms with Crippen LogP contribution >= 0.6 is 23.5 Å². The Hall–Kier alpha value is -7.66. The summed E-state index contributed by atoms with van der Waals surface area (Å²) in [6, 6.07) is -5.59. The average molecular weight is 1400 g/mol. The Morgan fingerprint density at radius 2 is 0.854 bits per heavy atom. The molecule has 0 aromatic heterocycles. The predicted molar refractivity (Wildman–Crippen MR) is 362 cm³/mol. The third kappa shape index (κ3) is 34.3. The van der Waals surface area contributed by atoms with Gasteiger partial charge in [0.25, 0.3) is 0 Å². The van der Waals surface area contributed by atoms with Crippen molar-refractivity contribution in [1.82, 2.24) is 63.8 Å². The van der Waals surface area contributed by atoms with Gasteiger partial charge in [-0.05, 0) is 132 Å². The molecule has 0 bridgehead atoms. The molecule has 0 heterocycles. The van der Waals surface area contributed by atoms with Crippen molar-refractivity contribution in [2.24, 2.45) is 35.0 Å². The van der Waals surface area contributed by atoms with Gasteiger partial charge in [0.15, 0.2) is 0 Å². The minimum absolute atomic E-state index is 0.00182. The van der Waals surface area contributed by atoms with Gasteiger partial charge in [0.05, 0.1) is 25.7 Å². The molecule has 12 amide bonds. The highest BCUT2D eigenvalue weighted by Gasteiger charge is 2.35. The Kier molecular flexibility index (Phi) is 42.5. The van der Waals surface area contributed by atoms with Crippen LogP contribution in [0.3, 0.4) is 0 Å². The molecule has 1 rings (SSSR count). The predicted octanol–water partition coefficient (Wildman–Crippen LogP) is -3.28. The Morgan fingerprint density at radius 1 is 0.448 bits per heavy atom. The van der Waals surface area contributed by atoms with E-state index in [0.29, 0.717) is 25.0 Å². The van der Waals surface area contributed by atoms with Gasteiger partial charge in [0.2, 0.25) is 70.9 Å². The van der Waals surface area contributed by atoms with Crippen LogP contribution in [-0.4, -0.2) is 221 Å². The van der Waals surface area contributed by atoms with E-state index in [1.807, 2.05) is 0 Å². The molecule has 0 saturated carbocycles. The van der Waals surface area contributed by atoms with Crippen molar-refractivity contribution in [2.75, 3.05) is 56.8 Å². The van der Waals surface area contributed by atoms with Gasteiger partial charge in [-0.15, -0.1) is 0 Å². The van der Waals surface area contributed by atoms with Gasteiger partial charge in [-0.1, -0.05) is 71.9 Å². The van der Waals surface area contributed by atoms with Gasteiger partial charge < -0.3 is 96.3 Å². The van der Waals surface area contributed by atoms with E-state index < -0.39 is 188 Å². The molecule has 0 aliphatic heterocycles. The number of rotatable bonds is 49. The van der Waals surface area contributed by atoms with Crippen LogP contribution in [0.15, 0.2) is 30.3 Å². The molecule has 34 heteroatoms. The smallest absolute Gasteiger partial charge is 0.326 e. The first-order valence-electron chi connectivity index (χ1n) is 32.1.